The molecule has 0 heterocycles. The van der Waals surface area contributed by atoms with E-state index < -0.39 is 0 Å². The fraction of sp³-hybridized carbons (Fsp3) is 0.750. The third-order valence-electron chi connectivity index (χ3n) is 0.486. The predicted octanol–water partition coefficient (Wildman–Crippen LogP) is 2.08. The molecule has 0 rings (SSSR count). The Morgan fingerprint density at radius 3 is 2.50 bits per heavy atom. The first-order valence-corrected chi connectivity index (χ1v) is 3.48. The molecular weight excluding hydrogens is 207 g/mol. The van der Waals surface area contributed by atoms with Gasteiger partial charge in [-0.3, -0.25) is 0 Å². The summed E-state index contributed by atoms with van der Waals surface area (Å²) in [5.41, 5.74) is 0. The van der Waals surface area contributed by atoms with Crippen molar-refractivity contribution in [3.63, 3.8) is 0 Å². The van der Waals surface area contributed by atoms with Gasteiger partial charge >= 0.3 is 0 Å². The Kier molecular flexibility index (Phi) is 4.54. The zero-order valence-electron chi connectivity index (χ0n) is 3.57. The highest BCUT2D eigenvalue weighted by molar-refractivity contribution is 14.1. The van der Waals surface area contributed by atoms with Crippen LogP contribution < -0.4 is 0 Å². The minimum atomic E-state index is 0.470. The lowest BCUT2D eigenvalue weighted by atomic mass is 10.4. The molecule has 1 atom stereocenters. The molecule has 0 spiro atoms. The van der Waals surface area contributed by atoms with Crippen LogP contribution in [-0.2, 0) is 0 Å². The van der Waals surface area contributed by atoms with E-state index in [-0.39, 0.29) is 0 Å². The number of hydrogen-bond acceptors (Lipinski definition) is 1. The molecule has 0 fully saturated rings. The van der Waals surface area contributed by atoms with Gasteiger partial charge in [-0.05, 0) is 6.42 Å². The smallest absolute Gasteiger partial charge is 0.0470 e. The summed E-state index contributed by atoms with van der Waals surface area (Å²) in [4.78, 5) is 0. The van der Waals surface area contributed by atoms with Crippen LogP contribution in [0.2, 0.25) is 0 Å². The minimum absolute atomic E-state index is 0.470. The normalized spacial score (nSPS) is 13.7. The zero-order valence-corrected chi connectivity index (χ0v) is 6.54. The number of alkyl halides is 1. The average Bonchev–Trinajstić information content (AvgIpc) is 1.65. The highest BCUT2D eigenvalue weighted by Crippen LogP contribution is 1.99. The van der Waals surface area contributed by atoms with Crippen molar-refractivity contribution in [3.05, 3.63) is 0 Å². The fourth-order valence-electron chi connectivity index (χ4n) is 0.0833. The number of halogens is 1. The summed E-state index contributed by atoms with van der Waals surface area (Å²) in [6.07, 6.45) is 1.10. The van der Waals surface area contributed by atoms with Crippen LogP contribution in [0.3, 0.4) is 0 Å². The van der Waals surface area contributed by atoms with Gasteiger partial charge in [0.2, 0.25) is 0 Å². The zero-order chi connectivity index (χ0) is 4.99. The van der Waals surface area contributed by atoms with E-state index in [1.54, 1.807) is 0 Å². The van der Waals surface area contributed by atoms with Crippen molar-refractivity contribution in [2.24, 2.45) is 0 Å². The van der Waals surface area contributed by atoms with E-state index in [1.165, 1.54) is 0 Å². The van der Waals surface area contributed by atoms with Gasteiger partial charge in [0, 0.05) is 9.29 Å². The molecule has 0 aromatic rings. The largest absolute Gasteiger partial charge is 0.0825 e. The van der Waals surface area contributed by atoms with Gasteiger partial charge in [-0.2, -0.15) is 0 Å². The molecule has 1 unspecified atom stereocenters. The van der Waals surface area contributed by atoms with Crippen molar-refractivity contribution in [3.8, 4) is 0 Å². The highest BCUT2D eigenvalue weighted by atomic mass is 127. The van der Waals surface area contributed by atoms with Crippen molar-refractivity contribution >= 4 is 40.2 Å². The molecule has 0 aromatic heterocycles. The Bertz CT molecular complexity index is 44.8. The molecule has 0 bridgehead atoms. The molecule has 2 heteroatoms. The second-order valence-electron chi connectivity index (χ2n) is 0.994. The molecule has 0 aromatic carbocycles. The van der Waals surface area contributed by atoms with E-state index in [0.29, 0.717) is 3.92 Å². The van der Waals surface area contributed by atoms with Gasteiger partial charge in [-0.1, -0.05) is 41.7 Å². The third kappa shape index (κ3) is 3.03. The molecule has 6 heavy (non-hydrogen) atoms. The molecule has 0 aliphatic rings. The maximum absolute atomic E-state index is 4.52. The van der Waals surface area contributed by atoms with Crippen LogP contribution in [-0.4, -0.2) is 9.29 Å². The topological polar surface area (TPSA) is 0 Å². The van der Waals surface area contributed by atoms with Crippen molar-refractivity contribution in [1.82, 2.24) is 0 Å². The van der Waals surface area contributed by atoms with Crippen molar-refractivity contribution in [2.75, 3.05) is 0 Å². The molecule has 0 saturated carbocycles. The monoisotopic (exact) mass is 213 g/mol. The molecule has 0 N–H and O–H groups in total. The lowest BCUT2D eigenvalue weighted by Gasteiger charge is -1.88. The summed E-state index contributed by atoms with van der Waals surface area (Å²) in [6, 6.07) is 0. The van der Waals surface area contributed by atoms with Crippen LogP contribution in [0.15, 0.2) is 0 Å². The maximum atomic E-state index is 4.52. The first-order valence-electron chi connectivity index (χ1n) is 1.83. The van der Waals surface area contributed by atoms with Gasteiger partial charge in [0.05, 0.1) is 0 Å². The Balaban J connectivity index is 2.96. The van der Waals surface area contributed by atoms with Crippen LogP contribution in [0, 0.1) is 0 Å². The summed E-state index contributed by atoms with van der Waals surface area (Å²) in [6.45, 7) is 2.09. The standard InChI is InChI=1S/C4H6IS/c1-2-4(5)3-6/h4H,2H2,1H3. The van der Waals surface area contributed by atoms with E-state index >= 15 is 0 Å². The van der Waals surface area contributed by atoms with Crippen molar-refractivity contribution in [2.45, 2.75) is 17.3 Å². The first-order chi connectivity index (χ1) is 2.81. The van der Waals surface area contributed by atoms with E-state index in [0.717, 1.165) is 6.42 Å². The molecule has 35 valence electrons. The summed E-state index contributed by atoms with van der Waals surface area (Å²) in [5.74, 6) is 0. The van der Waals surface area contributed by atoms with Crippen LogP contribution in [0.4, 0.5) is 0 Å². The maximum Gasteiger partial charge on any atom is 0.0470 e. The van der Waals surface area contributed by atoms with Gasteiger partial charge in [-0.15, -0.1) is 0 Å². The Morgan fingerprint density at radius 1 is 2.00 bits per heavy atom. The SMILES string of the molecule is CCC(I)[C]=S. The number of rotatable bonds is 2. The Hall–Kier alpha value is 0.820. The van der Waals surface area contributed by atoms with Gasteiger partial charge in [-0.25, -0.2) is 0 Å². The minimum Gasteiger partial charge on any atom is -0.0825 e. The van der Waals surface area contributed by atoms with E-state index in [1.807, 2.05) is 0 Å². The summed E-state index contributed by atoms with van der Waals surface area (Å²) in [5, 5.41) is 2.68. The van der Waals surface area contributed by atoms with Gasteiger partial charge in [0.25, 0.3) is 0 Å². The first kappa shape index (κ1) is 6.82. The van der Waals surface area contributed by atoms with Crippen molar-refractivity contribution < 1.29 is 0 Å². The average molecular weight is 213 g/mol. The van der Waals surface area contributed by atoms with Gasteiger partial charge in [0.15, 0.2) is 0 Å². The molecule has 0 aliphatic heterocycles. The molecule has 1 radical (unpaired) electrons. The summed E-state index contributed by atoms with van der Waals surface area (Å²) >= 11 is 6.77. The lowest BCUT2D eigenvalue weighted by Crippen LogP contribution is -1.90. The fourth-order valence-corrected chi connectivity index (χ4v) is 0.250. The molecule has 0 saturated heterocycles. The van der Waals surface area contributed by atoms with Crippen LogP contribution in [0.5, 0.6) is 0 Å². The molecular formula is C4H6IS. The number of thiocarbonyl (C=S) groups is 1. The second kappa shape index (κ2) is 3.99. The Morgan fingerprint density at radius 2 is 2.50 bits per heavy atom. The third-order valence-corrected chi connectivity index (χ3v) is 2.39. The predicted molar refractivity (Wildman–Crippen MR) is 40.7 cm³/mol. The van der Waals surface area contributed by atoms with Crippen LogP contribution in [0.1, 0.15) is 13.3 Å². The van der Waals surface area contributed by atoms with Gasteiger partial charge in [0.1, 0.15) is 0 Å². The van der Waals surface area contributed by atoms with Crippen LogP contribution >= 0.6 is 34.8 Å². The van der Waals surface area contributed by atoms with E-state index in [9.17, 15) is 0 Å². The quantitative estimate of drug-likeness (QED) is 0.384. The molecule has 0 amide bonds. The number of hydrogen-bond donors (Lipinski definition) is 0. The van der Waals surface area contributed by atoms with E-state index in [2.05, 4.69) is 47.1 Å². The summed E-state index contributed by atoms with van der Waals surface area (Å²) < 4.78 is 0.470. The molecule has 0 aliphatic carbocycles. The lowest BCUT2D eigenvalue weighted by molar-refractivity contribution is 1.06. The van der Waals surface area contributed by atoms with Crippen molar-refractivity contribution in [1.29, 1.82) is 0 Å². The Labute approximate surface area is 57.5 Å². The summed E-state index contributed by atoms with van der Waals surface area (Å²) in [7, 11) is 0. The van der Waals surface area contributed by atoms with Crippen LogP contribution in [0.25, 0.3) is 0 Å². The second-order valence-corrected chi connectivity index (χ2v) is 2.73. The van der Waals surface area contributed by atoms with Gasteiger partial charge < -0.3 is 0 Å². The molecule has 0 nitrogen and oxygen atoms in total. The highest BCUT2D eigenvalue weighted by Gasteiger charge is 1.89. The van der Waals surface area contributed by atoms with E-state index in [4.69, 9.17) is 0 Å².